The molecule has 21 heavy (non-hydrogen) atoms. The SMILES string of the molecule is NC(=O)CC(N)C(=O)N1CC(CC(=O)O)c2ccccc21. The molecule has 0 spiro atoms. The van der Waals surface area contributed by atoms with Crippen LogP contribution in [0, 0.1) is 0 Å². The number of hydrogen-bond donors (Lipinski definition) is 3. The lowest BCUT2D eigenvalue weighted by Gasteiger charge is -2.21. The standard InChI is InChI=1S/C14H17N3O4/c15-10(6-12(16)18)14(21)17-7-8(5-13(19)20)9-3-1-2-4-11(9)17/h1-4,8,10H,5-7,15H2,(H2,16,18)(H,19,20). The van der Waals surface area contributed by atoms with Gasteiger partial charge in [-0.1, -0.05) is 18.2 Å². The molecule has 7 heteroatoms. The van der Waals surface area contributed by atoms with Gasteiger partial charge >= 0.3 is 5.97 Å². The van der Waals surface area contributed by atoms with Crippen molar-refractivity contribution < 1.29 is 19.5 Å². The maximum atomic E-state index is 12.3. The number of fused-ring (bicyclic) bond motifs is 1. The number of carbonyl (C=O) groups excluding carboxylic acids is 2. The molecule has 0 saturated carbocycles. The number of anilines is 1. The molecule has 0 fully saturated rings. The quantitative estimate of drug-likeness (QED) is 0.692. The van der Waals surface area contributed by atoms with Gasteiger partial charge in [0.25, 0.3) is 0 Å². The van der Waals surface area contributed by atoms with Gasteiger partial charge in [0.2, 0.25) is 11.8 Å². The van der Waals surface area contributed by atoms with Crippen molar-refractivity contribution in [2.45, 2.75) is 24.8 Å². The van der Waals surface area contributed by atoms with Crippen molar-refractivity contribution in [2.24, 2.45) is 11.5 Å². The monoisotopic (exact) mass is 291 g/mol. The predicted octanol–water partition coefficient (Wildman–Crippen LogP) is -0.206. The second-order valence-corrected chi connectivity index (χ2v) is 5.08. The maximum absolute atomic E-state index is 12.3. The van der Waals surface area contributed by atoms with Crippen LogP contribution < -0.4 is 16.4 Å². The number of carbonyl (C=O) groups is 3. The van der Waals surface area contributed by atoms with Gasteiger partial charge in [-0.3, -0.25) is 14.4 Å². The Labute approximate surface area is 121 Å². The number of rotatable bonds is 5. The highest BCUT2D eigenvalue weighted by atomic mass is 16.4. The van der Waals surface area contributed by atoms with Crippen LogP contribution in [0.4, 0.5) is 5.69 Å². The Morgan fingerprint density at radius 2 is 2.00 bits per heavy atom. The fourth-order valence-corrected chi connectivity index (χ4v) is 2.59. The number of carboxylic acid groups (broad SMARTS) is 1. The fourth-order valence-electron chi connectivity index (χ4n) is 2.59. The molecule has 0 bridgehead atoms. The first-order chi connectivity index (χ1) is 9.90. The largest absolute Gasteiger partial charge is 0.481 e. The molecule has 2 amide bonds. The molecular weight excluding hydrogens is 274 g/mol. The van der Waals surface area contributed by atoms with Crippen LogP contribution in [0.2, 0.25) is 0 Å². The van der Waals surface area contributed by atoms with Crippen LogP contribution in [0.3, 0.4) is 0 Å². The van der Waals surface area contributed by atoms with Gasteiger partial charge in [0.1, 0.15) is 0 Å². The average molecular weight is 291 g/mol. The van der Waals surface area contributed by atoms with Crippen molar-refractivity contribution in [3.8, 4) is 0 Å². The summed E-state index contributed by atoms with van der Waals surface area (Å²) >= 11 is 0. The molecule has 1 aliphatic rings. The van der Waals surface area contributed by atoms with Crippen molar-refractivity contribution in [3.05, 3.63) is 29.8 Å². The first kappa shape index (κ1) is 15.0. The van der Waals surface area contributed by atoms with Gasteiger partial charge in [0.05, 0.1) is 18.9 Å². The first-order valence-electron chi connectivity index (χ1n) is 6.56. The molecule has 1 heterocycles. The summed E-state index contributed by atoms with van der Waals surface area (Å²) in [7, 11) is 0. The van der Waals surface area contributed by atoms with E-state index in [0.29, 0.717) is 5.69 Å². The summed E-state index contributed by atoms with van der Waals surface area (Å²) in [6, 6.07) is 6.09. The van der Waals surface area contributed by atoms with E-state index in [1.54, 1.807) is 24.3 Å². The Bertz CT molecular complexity index is 587. The molecule has 0 radical (unpaired) electrons. The van der Waals surface area contributed by atoms with Crippen LogP contribution in [0.1, 0.15) is 24.3 Å². The molecule has 0 saturated heterocycles. The zero-order valence-corrected chi connectivity index (χ0v) is 11.4. The third-order valence-electron chi connectivity index (χ3n) is 3.50. The van der Waals surface area contributed by atoms with Gasteiger partial charge < -0.3 is 21.5 Å². The molecule has 5 N–H and O–H groups in total. The topological polar surface area (TPSA) is 127 Å². The lowest BCUT2D eigenvalue weighted by molar-refractivity contribution is -0.137. The van der Waals surface area contributed by atoms with E-state index >= 15 is 0 Å². The summed E-state index contributed by atoms with van der Waals surface area (Å²) in [6.07, 6.45) is -0.299. The number of nitrogens with zero attached hydrogens (tertiary/aromatic N) is 1. The minimum Gasteiger partial charge on any atom is -0.481 e. The van der Waals surface area contributed by atoms with E-state index in [1.807, 2.05) is 0 Å². The van der Waals surface area contributed by atoms with E-state index in [1.165, 1.54) is 4.90 Å². The number of carboxylic acids is 1. The van der Waals surface area contributed by atoms with E-state index in [4.69, 9.17) is 16.6 Å². The van der Waals surface area contributed by atoms with Crippen LogP contribution in [0.5, 0.6) is 0 Å². The lowest BCUT2D eigenvalue weighted by Crippen LogP contribution is -2.45. The van der Waals surface area contributed by atoms with Crippen molar-refractivity contribution in [1.29, 1.82) is 0 Å². The van der Waals surface area contributed by atoms with Gasteiger partial charge in [0, 0.05) is 18.2 Å². The van der Waals surface area contributed by atoms with Crippen molar-refractivity contribution >= 4 is 23.5 Å². The normalized spacial score (nSPS) is 18.1. The summed E-state index contributed by atoms with van der Waals surface area (Å²) in [5.74, 6) is -2.27. The number of nitrogens with two attached hydrogens (primary N) is 2. The van der Waals surface area contributed by atoms with E-state index < -0.39 is 23.8 Å². The fraction of sp³-hybridized carbons (Fsp3) is 0.357. The zero-order chi connectivity index (χ0) is 15.6. The van der Waals surface area contributed by atoms with Crippen molar-refractivity contribution in [1.82, 2.24) is 0 Å². The number of benzene rings is 1. The molecule has 1 aromatic carbocycles. The molecule has 2 unspecified atom stereocenters. The Kier molecular flexibility index (Phi) is 4.23. The van der Waals surface area contributed by atoms with Gasteiger partial charge in [-0.2, -0.15) is 0 Å². The summed E-state index contributed by atoms with van der Waals surface area (Å²) in [4.78, 5) is 35.6. The van der Waals surface area contributed by atoms with Crippen LogP contribution in [0.25, 0.3) is 0 Å². The lowest BCUT2D eigenvalue weighted by atomic mass is 9.98. The minimum atomic E-state index is -1.01. The maximum Gasteiger partial charge on any atom is 0.304 e. The summed E-state index contributed by atoms with van der Waals surface area (Å²) in [5.41, 5.74) is 12.2. The highest BCUT2D eigenvalue weighted by molar-refractivity contribution is 6.01. The molecule has 2 rings (SSSR count). The number of aliphatic carboxylic acids is 1. The second kappa shape index (κ2) is 5.92. The van der Waals surface area contributed by atoms with Crippen LogP contribution >= 0.6 is 0 Å². The van der Waals surface area contributed by atoms with Gasteiger partial charge in [-0.05, 0) is 11.6 Å². The summed E-state index contributed by atoms with van der Waals surface area (Å²) < 4.78 is 0. The summed E-state index contributed by atoms with van der Waals surface area (Å²) in [5, 5.41) is 8.96. The number of para-hydroxylation sites is 1. The van der Waals surface area contributed by atoms with E-state index in [0.717, 1.165) is 5.56 Å². The highest BCUT2D eigenvalue weighted by Gasteiger charge is 2.35. The van der Waals surface area contributed by atoms with Crippen LogP contribution in [-0.2, 0) is 14.4 Å². The third-order valence-corrected chi connectivity index (χ3v) is 3.50. The third kappa shape index (κ3) is 3.19. The van der Waals surface area contributed by atoms with Gasteiger partial charge in [0.15, 0.2) is 0 Å². The Morgan fingerprint density at radius 3 is 2.62 bits per heavy atom. The van der Waals surface area contributed by atoms with Crippen LogP contribution in [-0.4, -0.2) is 35.5 Å². The number of primary amides is 1. The Morgan fingerprint density at radius 1 is 1.33 bits per heavy atom. The number of hydrogen-bond acceptors (Lipinski definition) is 4. The Hall–Kier alpha value is -2.41. The predicted molar refractivity (Wildman–Crippen MR) is 75.6 cm³/mol. The van der Waals surface area contributed by atoms with E-state index in [2.05, 4.69) is 0 Å². The molecule has 112 valence electrons. The van der Waals surface area contributed by atoms with Gasteiger partial charge in [-0.15, -0.1) is 0 Å². The van der Waals surface area contributed by atoms with Crippen molar-refractivity contribution in [3.63, 3.8) is 0 Å². The molecule has 1 aromatic rings. The molecule has 0 aliphatic carbocycles. The molecule has 0 aromatic heterocycles. The Balaban J connectivity index is 2.24. The minimum absolute atomic E-state index is 0.0636. The summed E-state index contributed by atoms with van der Waals surface area (Å²) in [6.45, 7) is 0.247. The molecule has 1 aliphatic heterocycles. The zero-order valence-electron chi connectivity index (χ0n) is 11.4. The number of amides is 2. The van der Waals surface area contributed by atoms with Gasteiger partial charge in [-0.25, -0.2) is 0 Å². The smallest absolute Gasteiger partial charge is 0.304 e. The molecular formula is C14H17N3O4. The first-order valence-corrected chi connectivity index (χ1v) is 6.56. The van der Waals surface area contributed by atoms with E-state index in [9.17, 15) is 14.4 Å². The van der Waals surface area contributed by atoms with Crippen molar-refractivity contribution in [2.75, 3.05) is 11.4 Å². The average Bonchev–Trinajstić information content (AvgIpc) is 2.75. The molecule has 7 nitrogen and oxygen atoms in total. The van der Waals surface area contributed by atoms with Crippen LogP contribution in [0.15, 0.2) is 24.3 Å². The highest BCUT2D eigenvalue weighted by Crippen LogP contribution is 2.38. The second-order valence-electron chi connectivity index (χ2n) is 5.08. The molecule has 2 atom stereocenters. The van der Waals surface area contributed by atoms with E-state index in [-0.39, 0.29) is 25.3 Å².